The van der Waals surface area contributed by atoms with E-state index in [1.807, 2.05) is 13.0 Å². The lowest BCUT2D eigenvalue weighted by atomic mass is 10.1. The van der Waals surface area contributed by atoms with Gasteiger partial charge in [-0.15, -0.1) is 0 Å². The molecule has 0 radical (unpaired) electrons. The molecule has 0 spiro atoms. The number of carboxylic acids is 1. The first-order valence-electron chi connectivity index (χ1n) is 4.86. The average Bonchev–Trinajstić information content (AvgIpc) is 2.66. The van der Waals surface area contributed by atoms with Crippen LogP contribution in [-0.2, 0) is 4.79 Å². The summed E-state index contributed by atoms with van der Waals surface area (Å²) in [6.07, 6.45) is 5.25. The van der Waals surface area contributed by atoms with E-state index in [0.717, 1.165) is 12.8 Å². The predicted molar refractivity (Wildman–Crippen MR) is 53.1 cm³/mol. The Bertz CT molecular complexity index is 378. The highest BCUT2D eigenvalue weighted by atomic mass is 16.4. The van der Waals surface area contributed by atoms with Gasteiger partial charge in [0.15, 0.2) is 0 Å². The fourth-order valence-electron chi connectivity index (χ4n) is 1.43. The minimum atomic E-state index is -0.919. The molecule has 1 aromatic heterocycles. The fourth-order valence-corrected chi connectivity index (χ4v) is 1.43. The molecule has 0 aromatic carbocycles. The molecule has 15 heavy (non-hydrogen) atoms. The van der Waals surface area contributed by atoms with Crippen molar-refractivity contribution >= 4 is 5.97 Å². The van der Waals surface area contributed by atoms with Crippen LogP contribution in [0.2, 0.25) is 0 Å². The number of hydrogen-bond donors (Lipinski definition) is 1. The van der Waals surface area contributed by atoms with E-state index in [1.54, 1.807) is 0 Å². The number of aliphatic carboxylic acids is 1. The maximum atomic E-state index is 11.0. The lowest BCUT2D eigenvalue weighted by Gasteiger charge is -2.13. The molecule has 0 bridgehead atoms. The molecule has 0 aliphatic heterocycles. The van der Waals surface area contributed by atoms with Crippen LogP contribution in [0.1, 0.15) is 38.1 Å². The Labute approximate surface area is 88.0 Å². The highest BCUT2D eigenvalue weighted by molar-refractivity contribution is 5.72. The Kier molecular flexibility index (Phi) is 3.86. The first-order chi connectivity index (χ1) is 7.20. The first kappa shape index (κ1) is 11.2. The summed E-state index contributed by atoms with van der Waals surface area (Å²) in [7, 11) is 0. The van der Waals surface area contributed by atoms with Crippen molar-refractivity contribution in [2.45, 2.75) is 32.2 Å². The van der Waals surface area contributed by atoms with Gasteiger partial charge in [-0.25, -0.2) is 9.78 Å². The minimum Gasteiger partial charge on any atom is -0.480 e. The number of unbranched alkanes of at least 4 members (excludes halogenated alkanes) is 1. The van der Waals surface area contributed by atoms with Crippen molar-refractivity contribution in [1.82, 2.24) is 9.55 Å². The van der Waals surface area contributed by atoms with Crippen molar-refractivity contribution in [2.24, 2.45) is 0 Å². The Morgan fingerprint density at radius 3 is 3.07 bits per heavy atom. The molecule has 5 nitrogen and oxygen atoms in total. The molecule has 0 aliphatic rings. The zero-order chi connectivity index (χ0) is 11.3. The Morgan fingerprint density at radius 1 is 1.80 bits per heavy atom. The minimum absolute atomic E-state index is 0.151. The third kappa shape index (κ3) is 2.56. The van der Waals surface area contributed by atoms with E-state index >= 15 is 0 Å². The SMILES string of the molecule is CCCCC(C(=O)O)n1ccnc1C#N. The number of nitrogens with zero attached hydrogens (tertiary/aromatic N) is 3. The van der Waals surface area contributed by atoms with Crippen LogP contribution in [0.5, 0.6) is 0 Å². The summed E-state index contributed by atoms with van der Waals surface area (Å²) in [6.45, 7) is 2.00. The maximum absolute atomic E-state index is 11.0. The quantitative estimate of drug-likeness (QED) is 0.794. The topological polar surface area (TPSA) is 78.9 Å². The maximum Gasteiger partial charge on any atom is 0.326 e. The van der Waals surface area contributed by atoms with Crippen molar-refractivity contribution in [3.8, 4) is 6.07 Å². The van der Waals surface area contributed by atoms with Crippen LogP contribution < -0.4 is 0 Å². The Hall–Kier alpha value is -1.83. The van der Waals surface area contributed by atoms with Crippen LogP contribution in [0.25, 0.3) is 0 Å². The molecular weight excluding hydrogens is 194 g/mol. The average molecular weight is 207 g/mol. The van der Waals surface area contributed by atoms with Crippen LogP contribution in [0.4, 0.5) is 0 Å². The molecule has 0 saturated carbocycles. The van der Waals surface area contributed by atoms with Gasteiger partial charge in [0, 0.05) is 12.4 Å². The highest BCUT2D eigenvalue weighted by Gasteiger charge is 2.20. The molecule has 1 aromatic rings. The lowest BCUT2D eigenvalue weighted by Crippen LogP contribution is -2.19. The third-order valence-electron chi connectivity index (χ3n) is 2.22. The van der Waals surface area contributed by atoms with E-state index in [2.05, 4.69) is 4.98 Å². The molecule has 0 saturated heterocycles. The second kappa shape index (κ2) is 5.15. The van der Waals surface area contributed by atoms with E-state index in [-0.39, 0.29) is 5.82 Å². The summed E-state index contributed by atoms with van der Waals surface area (Å²) in [6, 6.07) is 1.20. The van der Waals surface area contributed by atoms with Crippen molar-refractivity contribution in [2.75, 3.05) is 0 Å². The molecule has 0 aliphatic carbocycles. The number of carbonyl (C=O) groups is 1. The summed E-state index contributed by atoms with van der Waals surface area (Å²) in [5.41, 5.74) is 0. The third-order valence-corrected chi connectivity index (χ3v) is 2.22. The van der Waals surface area contributed by atoms with Gasteiger partial charge in [0.05, 0.1) is 0 Å². The lowest BCUT2D eigenvalue weighted by molar-refractivity contribution is -0.141. The van der Waals surface area contributed by atoms with Gasteiger partial charge in [-0.05, 0) is 6.42 Å². The van der Waals surface area contributed by atoms with Crippen LogP contribution in [0.3, 0.4) is 0 Å². The fraction of sp³-hybridized carbons (Fsp3) is 0.500. The first-order valence-corrected chi connectivity index (χ1v) is 4.86. The molecule has 1 heterocycles. The summed E-state index contributed by atoms with van der Waals surface area (Å²) >= 11 is 0. The van der Waals surface area contributed by atoms with E-state index < -0.39 is 12.0 Å². The number of nitriles is 1. The van der Waals surface area contributed by atoms with E-state index in [0.29, 0.717) is 6.42 Å². The predicted octanol–water partition coefficient (Wildman–Crippen LogP) is 1.57. The number of rotatable bonds is 5. The van der Waals surface area contributed by atoms with Crippen LogP contribution >= 0.6 is 0 Å². The molecule has 0 fully saturated rings. The standard InChI is InChI=1S/C10H13N3O2/c1-2-3-4-8(10(14)15)13-6-5-12-9(13)7-11/h5-6,8H,2-4H2,1H3,(H,14,15). The highest BCUT2D eigenvalue weighted by Crippen LogP contribution is 2.17. The summed E-state index contributed by atoms with van der Waals surface area (Å²) in [5.74, 6) is -0.767. The van der Waals surface area contributed by atoms with E-state index in [9.17, 15) is 4.79 Å². The summed E-state index contributed by atoms with van der Waals surface area (Å²) in [4.78, 5) is 14.8. The van der Waals surface area contributed by atoms with Gasteiger partial charge < -0.3 is 9.67 Å². The number of aromatic nitrogens is 2. The zero-order valence-corrected chi connectivity index (χ0v) is 8.55. The van der Waals surface area contributed by atoms with Gasteiger partial charge in [0.1, 0.15) is 12.1 Å². The van der Waals surface area contributed by atoms with Crippen molar-refractivity contribution in [1.29, 1.82) is 5.26 Å². The van der Waals surface area contributed by atoms with Crippen molar-refractivity contribution in [3.63, 3.8) is 0 Å². The second-order valence-corrected chi connectivity index (χ2v) is 3.27. The largest absolute Gasteiger partial charge is 0.480 e. The van der Waals surface area contributed by atoms with Crippen LogP contribution in [0.15, 0.2) is 12.4 Å². The van der Waals surface area contributed by atoms with Gasteiger partial charge in [0.2, 0.25) is 5.82 Å². The molecule has 5 heteroatoms. The van der Waals surface area contributed by atoms with Gasteiger partial charge in [-0.2, -0.15) is 5.26 Å². The summed E-state index contributed by atoms with van der Waals surface area (Å²) in [5, 5.41) is 17.8. The summed E-state index contributed by atoms with van der Waals surface area (Å²) < 4.78 is 1.41. The zero-order valence-electron chi connectivity index (χ0n) is 8.55. The molecular formula is C10H13N3O2. The Morgan fingerprint density at radius 2 is 2.53 bits per heavy atom. The molecule has 1 unspecified atom stereocenters. The van der Waals surface area contributed by atoms with Gasteiger partial charge in [0.25, 0.3) is 0 Å². The number of hydrogen-bond acceptors (Lipinski definition) is 3. The van der Waals surface area contributed by atoms with Crippen LogP contribution in [0, 0.1) is 11.3 Å². The monoisotopic (exact) mass is 207 g/mol. The van der Waals surface area contributed by atoms with Crippen molar-refractivity contribution in [3.05, 3.63) is 18.2 Å². The van der Waals surface area contributed by atoms with Gasteiger partial charge >= 0.3 is 5.97 Å². The Balaban J connectivity index is 2.89. The normalized spacial score (nSPS) is 12.0. The van der Waals surface area contributed by atoms with E-state index in [1.165, 1.54) is 17.0 Å². The molecule has 0 amide bonds. The van der Waals surface area contributed by atoms with E-state index in [4.69, 9.17) is 10.4 Å². The number of carboxylic acid groups (broad SMARTS) is 1. The van der Waals surface area contributed by atoms with Crippen LogP contribution in [-0.4, -0.2) is 20.6 Å². The van der Waals surface area contributed by atoms with Gasteiger partial charge in [-0.3, -0.25) is 0 Å². The van der Waals surface area contributed by atoms with Gasteiger partial charge in [-0.1, -0.05) is 19.8 Å². The molecule has 1 atom stereocenters. The second-order valence-electron chi connectivity index (χ2n) is 3.27. The van der Waals surface area contributed by atoms with Crippen molar-refractivity contribution < 1.29 is 9.90 Å². The molecule has 1 N–H and O–H groups in total. The smallest absolute Gasteiger partial charge is 0.326 e. The number of imidazole rings is 1. The molecule has 1 rings (SSSR count). The molecule has 80 valence electrons.